The van der Waals surface area contributed by atoms with Gasteiger partial charge in [0.1, 0.15) is 5.82 Å². The number of unbranched alkanes of at least 4 members (excludes halogenated alkanes) is 2. The van der Waals surface area contributed by atoms with Gasteiger partial charge in [0.05, 0.1) is 16.7 Å². The van der Waals surface area contributed by atoms with E-state index < -0.39 is 0 Å². The first kappa shape index (κ1) is 18.2. The first-order valence-electron chi connectivity index (χ1n) is 9.69. The molecule has 1 amide bonds. The normalized spacial score (nSPS) is 17.2. The first-order chi connectivity index (χ1) is 13.2. The number of imidazole rings is 1. The first-order valence-corrected chi connectivity index (χ1v) is 10.5. The van der Waals surface area contributed by atoms with Crippen LogP contribution in [0.3, 0.4) is 0 Å². The van der Waals surface area contributed by atoms with Crippen LogP contribution < -0.4 is 4.90 Å². The van der Waals surface area contributed by atoms with Crippen molar-refractivity contribution < 1.29 is 4.79 Å². The Bertz CT molecular complexity index is 965. The molecule has 0 saturated carbocycles. The van der Waals surface area contributed by atoms with Gasteiger partial charge in [0, 0.05) is 29.9 Å². The highest BCUT2D eigenvalue weighted by Gasteiger charge is 2.35. The van der Waals surface area contributed by atoms with Crippen molar-refractivity contribution in [2.75, 3.05) is 11.4 Å². The standard InChI is InChI=1S/C22H24BrN3O/c1-2-3-8-13-25-20-12-7-5-10-18(20)24-22(25)16-14-21(27)26(15-16)19-11-6-4-9-17(19)23/h4-7,9-12,16H,2-3,8,13-15H2,1H3. The lowest BCUT2D eigenvalue weighted by Gasteiger charge is -2.18. The van der Waals surface area contributed by atoms with Crippen LogP contribution in [0.25, 0.3) is 11.0 Å². The van der Waals surface area contributed by atoms with Crippen LogP contribution in [0, 0.1) is 0 Å². The highest BCUT2D eigenvalue weighted by atomic mass is 79.9. The van der Waals surface area contributed by atoms with Crippen molar-refractivity contribution in [1.29, 1.82) is 0 Å². The molecule has 4 nitrogen and oxygen atoms in total. The summed E-state index contributed by atoms with van der Waals surface area (Å²) in [7, 11) is 0. The Labute approximate surface area is 168 Å². The predicted molar refractivity (Wildman–Crippen MR) is 113 cm³/mol. The van der Waals surface area contributed by atoms with Crippen molar-refractivity contribution in [2.45, 2.75) is 45.1 Å². The van der Waals surface area contributed by atoms with Gasteiger partial charge >= 0.3 is 0 Å². The second-order valence-electron chi connectivity index (χ2n) is 7.17. The Morgan fingerprint density at radius 2 is 1.89 bits per heavy atom. The van der Waals surface area contributed by atoms with Gasteiger partial charge in [-0.2, -0.15) is 0 Å². The number of rotatable bonds is 6. The lowest BCUT2D eigenvalue weighted by atomic mass is 10.1. The largest absolute Gasteiger partial charge is 0.328 e. The summed E-state index contributed by atoms with van der Waals surface area (Å²) in [5, 5.41) is 0. The highest BCUT2D eigenvalue weighted by molar-refractivity contribution is 9.10. The molecule has 1 aliphatic heterocycles. The fourth-order valence-electron chi connectivity index (χ4n) is 3.94. The van der Waals surface area contributed by atoms with Crippen LogP contribution in [0.15, 0.2) is 53.0 Å². The average molecular weight is 426 g/mol. The molecular weight excluding hydrogens is 402 g/mol. The van der Waals surface area contributed by atoms with Crippen molar-refractivity contribution in [3.05, 3.63) is 58.8 Å². The molecule has 1 unspecified atom stereocenters. The molecule has 4 rings (SSSR count). The quantitative estimate of drug-likeness (QED) is 0.488. The number of nitrogens with zero attached hydrogens (tertiary/aromatic N) is 3. The van der Waals surface area contributed by atoms with E-state index in [1.165, 1.54) is 18.4 Å². The maximum Gasteiger partial charge on any atom is 0.227 e. The van der Waals surface area contributed by atoms with Gasteiger partial charge in [0.15, 0.2) is 0 Å². The second-order valence-corrected chi connectivity index (χ2v) is 8.03. The van der Waals surface area contributed by atoms with Gasteiger partial charge in [0.2, 0.25) is 5.91 Å². The van der Waals surface area contributed by atoms with Crippen molar-refractivity contribution in [3.63, 3.8) is 0 Å². The zero-order valence-electron chi connectivity index (χ0n) is 15.6. The van der Waals surface area contributed by atoms with E-state index in [2.05, 4.69) is 45.6 Å². The van der Waals surface area contributed by atoms with Crippen molar-refractivity contribution in [2.24, 2.45) is 0 Å². The Hall–Kier alpha value is -2.14. The molecule has 1 aromatic heterocycles. The van der Waals surface area contributed by atoms with E-state index in [0.717, 1.165) is 34.5 Å². The summed E-state index contributed by atoms with van der Waals surface area (Å²) in [6, 6.07) is 16.2. The van der Waals surface area contributed by atoms with Crippen LogP contribution >= 0.6 is 15.9 Å². The van der Waals surface area contributed by atoms with Crippen molar-refractivity contribution >= 4 is 38.6 Å². The van der Waals surface area contributed by atoms with Gasteiger partial charge < -0.3 is 9.47 Å². The number of aromatic nitrogens is 2. The summed E-state index contributed by atoms with van der Waals surface area (Å²) in [5.74, 6) is 1.34. The van der Waals surface area contributed by atoms with Crippen molar-refractivity contribution in [3.8, 4) is 0 Å². The molecule has 3 aromatic rings. The second kappa shape index (κ2) is 7.85. The van der Waals surface area contributed by atoms with E-state index in [4.69, 9.17) is 4.98 Å². The molecule has 0 N–H and O–H groups in total. The molecule has 2 aromatic carbocycles. The predicted octanol–water partition coefficient (Wildman–Crippen LogP) is 5.51. The molecule has 5 heteroatoms. The van der Waals surface area contributed by atoms with Crippen LogP contribution in [-0.2, 0) is 11.3 Å². The Morgan fingerprint density at radius 1 is 1.11 bits per heavy atom. The monoisotopic (exact) mass is 425 g/mol. The molecule has 1 saturated heterocycles. The third-order valence-electron chi connectivity index (χ3n) is 5.30. The fraction of sp³-hybridized carbons (Fsp3) is 0.364. The molecule has 0 radical (unpaired) electrons. The molecule has 1 atom stereocenters. The molecule has 1 fully saturated rings. The topological polar surface area (TPSA) is 38.1 Å². The van der Waals surface area contributed by atoms with Crippen LogP contribution in [0.5, 0.6) is 0 Å². The number of benzene rings is 2. The van der Waals surface area contributed by atoms with E-state index in [0.29, 0.717) is 13.0 Å². The van der Waals surface area contributed by atoms with E-state index >= 15 is 0 Å². The zero-order valence-corrected chi connectivity index (χ0v) is 17.2. The summed E-state index contributed by atoms with van der Waals surface area (Å²) in [4.78, 5) is 19.6. The smallest absolute Gasteiger partial charge is 0.227 e. The Balaban J connectivity index is 1.67. The Morgan fingerprint density at radius 3 is 2.70 bits per heavy atom. The summed E-state index contributed by atoms with van der Waals surface area (Å²) in [6.07, 6.45) is 4.05. The van der Waals surface area contributed by atoms with Gasteiger partial charge in [-0.05, 0) is 46.6 Å². The average Bonchev–Trinajstić information content (AvgIpc) is 3.23. The molecule has 27 heavy (non-hydrogen) atoms. The molecule has 2 heterocycles. The molecule has 140 valence electrons. The number of amides is 1. The van der Waals surface area contributed by atoms with Crippen LogP contribution in [-0.4, -0.2) is 22.0 Å². The number of halogens is 1. The molecule has 0 bridgehead atoms. The van der Waals surface area contributed by atoms with Crippen molar-refractivity contribution in [1.82, 2.24) is 9.55 Å². The zero-order chi connectivity index (χ0) is 18.8. The van der Waals surface area contributed by atoms with E-state index in [1.807, 2.05) is 35.2 Å². The van der Waals surface area contributed by atoms with Gasteiger partial charge in [-0.25, -0.2) is 4.98 Å². The lowest BCUT2D eigenvalue weighted by molar-refractivity contribution is -0.117. The van der Waals surface area contributed by atoms with Gasteiger partial charge in [-0.15, -0.1) is 0 Å². The number of hydrogen-bond donors (Lipinski definition) is 0. The summed E-state index contributed by atoms with van der Waals surface area (Å²) in [6.45, 7) is 3.86. The van der Waals surface area contributed by atoms with E-state index in [1.54, 1.807) is 0 Å². The maximum atomic E-state index is 12.8. The molecule has 0 spiro atoms. The number of aryl methyl sites for hydroxylation is 1. The fourth-order valence-corrected chi connectivity index (χ4v) is 4.44. The Kier molecular flexibility index (Phi) is 5.30. The number of carbonyl (C=O) groups excluding carboxylic acids is 1. The van der Waals surface area contributed by atoms with E-state index in [9.17, 15) is 4.79 Å². The third kappa shape index (κ3) is 3.53. The number of hydrogen-bond acceptors (Lipinski definition) is 2. The van der Waals surface area contributed by atoms with Crippen LogP contribution in [0.4, 0.5) is 5.69 Å². The number of anilines is 1. The minimum absolute atomic E-state index is 0.124. The minimum atomic E-state index is 0.124. The number of fused-ring (bicyclic) bond motifs is 1. The third-order valence-corrected chi connectivity index (χ3v) is 5.97. The molecule has 1 aliphatic rings. The summed E-state index contributed by atoms with van der Waals surface area (Å²) < 4.78 is 3.29. The minimum Gasteiger partial charge on any atom is -0.328 e. The van der Waals surface area contributed by atoms with Gasteiger partial charge in [-0.3, -0.25) is 4.79 Å². The van der Waals surface area contributed by atoms with Gasteiger partial charge in [0.25, 0.3) is 0 Å². The maximum absolute atomic E-state index is 12.8. The number of para-hydroxylation sites is 3. The summed E-state index contributed by atoms with van der Waals surface area (Å²) >= 11 is 3.58. The lowest BCUT2D eigenvalue weighted by Crippen LogP contribution is -2.25. The summed E-state index contributed by atoms with van der Waals surface area (Å²) in [5.41, 5.74) is 3.14. The van der Waals surface area contributed by atoms with E-state index in [-0.39, 0.29) is 11.8 Å². The number of carbonyl (C=O) groups is 1. The van der Waals surface area contributed by atoms with Gasteiger partial charge in [-0.1, -0.05) is 44.0 Å². The SMILES string of the molecule is CCCCCn1c(C2CC(=O)N(c3ccccc3Br)C2)nc2ccccc21. The highest BCUT2D eigenvalue weighted by Crippen LogP contribution is 2.36. The van der Waals surface area contributed by atoms with Crippen LogP contribution in [0.1, 0.15) is 44.3 Å². The molecular formula is C22H24BrN3O. The molecule has 0 aliphatic carbocycles. The van der Waals surface area contributed by atoms with Crippen LogP contribution in [0.2, 0.25) is 0 Å².